The fraction of sp³-hybridized carbons (Fsp3) is 0.300. The van der Waals surface area contributed by atoms with Gasteiger partial charge in [-0.25, -0.2) is 4.39 Å². The van der Waals surface area contributed by atoms with E-state index in [1.165, 1.54) is 6.07 Å². The van der Waals surface area contributed by atoms with E-state index in [1.807, 2.05) is 0 Å². The van der Waals surface area contributed by atoms with Crippen molar-refractivity contribution in [2.24, 2.45) is 0 Å². The molecule has 3 nitrogen and oxygen atoms in total. The number of amides is 1. The number of hydrogen-bond acceptors (Lipinski definition) is 2. The predicted molar refractivity (Wildman–Crippen MR) is 53.3 cm³/mol. The van der Waals surface area contributed by atoms with Crippen molar-refractivity contribution in [3.05, 3.63) is 24.0 Å². The fourth-order valence-electron chi connectivity index (χ4n) is 1.68. The van der Waals surface area contributed by atoms with Gasteiger partial charge in [-0.3, -0.25) is 4.79 Å². The van der Waals surface area contributed by atoms with Crippen LogP contribution in [0, 0.1) is 5.82 Å². The van der Waals surface area contributed by atoms with Crippen LogP contribution in [0.5, 0.6) is 0 Å². The third-order valence-corrected chi connectivity index (χ3v) is 2.28. The predicted octanol–water partition coefficient (Wildman–Crippen LogP) is 2.15. The summed E-state index contributed by atoms with van der Waals surface area (Å²) in [6.45, 7) is -1.72. The number of carbonyl (C=O) groups excluding carboxylic acids is 1. The molecule has 1 aliphatic rings. The molecule has 1 aromatic rings. The summed E-state index contributed by atoms with van der Waals surface area (Å²) in [5.74, 6) is -1.19. The van der Waals surface area contributed by atoms with Crippen molar-refractivity contribution in [2.45, 2.75) is 6.18 Å². The first-order valence-corrected chi connectivity index (χ1v) is 4.76. The van der Waals surface area contributed by atoms with Gasteiger partial charge >= 0.3 is 6.18 Å². The van der Waals surface area contributed by atoms with E-state index in [0.29, 0.717) is 0 Å². The van der Waals surface area contributed by atoms with Crippen molar-refractivity contribution in [1.29, 1.82) is 0 Å². The largest absolute Gasteiger partial charge is 0.405 e. The van der Waals surface area contributed by atoms with Crippen LogP contribution >= 0.6 is 0 Å². The van der Waals surface area contributed by atoms with Gasteiger partial charge in [0.15, 0.2) is 0 Å². The third-order valence-electron chi connectivity index (χ3n) is 2.28. The lowest BCUT2D eigenvalue weighted by Crippen LogP contribution is -2.43. The number of halogens is 4. The van der Waals surface area contributed by atoms with Crippen LogP contribution in [0.4, 0.5) is 28.9 Å². The summed E-state index contributed by atoms with van der Waals surface area (Å²) < 4.78 is 49.9. The molecule has 1 aromatic carbocycles. The van der Waals surface area contributed by atoms with E-state index >= 15 is 0 Å². The Morgan fingerprint density at radius 3 is 2.71 bits per heavy atom. The van der Waals surface area contributed by atoms with E-state index in [4.69, 9.17) is 0 Å². The van der Waals surface area contributed by atoms with E-state index in [2.05, 4.69) is 5.32 Å². The Kier molecular flexibility index (Phi) is 2.68. The monoisotopic (exact) mass is 248 g/mol. The van der Waals surface area contributed by atoms with Gasteiger partial charge in [-0.15, -0.1) is 0 Å². The van der Waals surface area contributed by atoms with Crippen molar-refractivity contribution < 1.29 is 22.4 Å². The van der Waals surface area contributed by atoms with Crippen LogP contribution < -0.4 is 10.2 Å². The summed E-state index contributed by atoms with van der Waals surface area (Å²) >= 11 is 0. The molecule has 0 aromatic heterocycles. The Morgan fingerprint density at radius 1 is 1.35 bits per heavy atom. The molecule has 0 aliphatic carbocycles. The van der Waals surface area contributed by atoms with Gasteiger partial charge in [-0.1, -0.05) is 0 Å². The highest BCUT2D eigenvalue weighted by Gasteiger charge is 2.34. The number of rotatable bonds is 1. The zero-order valence-corrected chi connectivity index (χ0v) is 8.51. The van der Waals surface area contributed by atoms with Crippen molar-refractivity contribution >= 4 is 17.3 Å². The fourth-order valence-corrected chi connectivity index (χ4v) is 1.68. The molecule has 1 aliphatic heterocycles. The number of benzene rings is 1. The lowest BCUT2D eigenvalue weighted by molar-refractivity contribution is -0.122. The van der Waals surface area contributed by atoms with E-state index in [1.54, 1.807) is 0 Å². The number of fused-ring (bicyclic) bond motifs is 1. The Balaban J connectivity index is 2.36. The summed E-state index contributed by atoms with van der Waals surface area (Å²) in [5.41, 5.74) is 0.230. The summed E-state index contributed by atoms with van der Waals surface area (Å²) in [6, 6.07) is 3.29. The highest BCUT2D eigenvalue weighted by Crippen LogP contribution is 2.32. The first-order chi connectivity index (χ1) is 7.85. The van der Waals surface area contributed by atoms with Crippen LogP contribution in [0.15, 0.2) is 18.2 Å². The van der Waals surface area contributed by atoms with E-state index < -0.39 is 31.0 Å². The molecule has 0 radical (unpaired) electrons. The van der Waals surface area contributed by atoms with Gasteiger partial charge in [0.1, 0.15) is 12.4 Å². The van der Waals surface area contributed by atoms with E-state index in [-0.39, 0.29) is 11.4 Å². The van der Waals surface area contributed by atoms with Crippen LogP contribution in [0.2, 0.25) is 0 Å². The van der Waals surface area contributed by atoms with Gasteiger partial charge < -0.3 is 10.2 Å². The quantitative estimate of drug-likeness (QED) is 0.772. The maximum absolute atomic E-state index is 13.0. The minimum atomic E-state index is -4.44. The summed E-state index contributed by atoms with van der Waals surface area (Å²) in [6.07, 6.45) is -4.44. The zero-order valence-electron chi connectivity index (χ0n) is 8.51. The number of alkyl halides is 3. The Morgan fingerprint density at radius 2 is 2.06 bits per heavy atom. The van der Waals surface area contributed by atoms with Gasteiger partial charge in [0, 0.05) is 0 Å². The molecular weight excluding hydrogens is 240 g/mol. The second-order valence-electron chi connectivity index (χ2n) is 3.68. The lowest BCUT2D eigenvalue weighted by atomic mass is 10.2. The van der Waals surface area contributed by atoms with Crippen molar-refractivity contribution in [1.82, 2.24) is 0 Å². The standard InChI is InChI=1S/C10H8F4N2O/c11-6-1-2-7-8(3-6)16(4-9(17)15-7)5-10(12,13)14/h1-3H,4-5H2,(H,15,17). The molecule has 92 valence electrons. The number of hydrogen-bond donors (Lipinski definition) is 1. The molecular formula is C10H8F4N2O. The summed E-state index contributed by atoms with van der Waals surface area (Å²) in [7, 11) is 0. The average molecular weight is 248 g/mol. The normalized spacial score (nSPS) is 15.5. The maximum atomic E-state index is 13.0. The zero-order chi connectivity index (χ0) is 12.6. The second kappa shape index (κ2) is 3.90. The van der Waals surface area contributed by atoms with Gasteiger partial charge in [-0.05, 0) is 18.2 Å². The first-order valence-electron chi connectivity index (χ1n) is 4.76. The number of anilines is 2. The SMILES string of the molecule is O=C1CN(CC(F)(F)F)c2cc(F)ccc2N1. The van der Waals surface area contributed by atoms with Crippen LogP contribution in [0.25, 0.3) is 0 Å². The van der Waals surface area contributed by atoms with Crippen molar-refractivity contribution in [2.75, 3.05) is 23.3 Å². The molecule has 0 spiro atoms. The van der Waals surface area contributed by atoms with Crippen LogP contribution in [0.1, 0.15) is 0 Å². The van der Waals surface area contributed by atoms with Gasteiger partial charge in [0.2, 0.25) is 5.91 Å². The van der Waals surface area contributed by atoms with Gasteiger partial charge in [-0.2, -0.15) is 13.2 Å². The number of nitrogens with one attached hydrogen (secondary N) is 1. The average Bonchev–Trinajstić information content (AvgIpc) is 2.16. The minimum Gasteiger partial charge on any atom is -0.351 e. The molecule has 1 N–H and O–H groups in total. The summed E-state index contributed by atoms with van der Waals surface area (Å²) in [4.78, 5) is 12.0. The highest BCUT2D eigenvalue weighted by atomic mass is 19.4. The molecule has 0 fully saturated rings. The maximum Gasteiger partial charge on any atom is 0.405 e. The third kappa shape index (κ3) is 2.66. The van der Waals surface area contributed by atoms with Gasteiger partial charge in [0.05, 0.1) is 17.9 Å². The minimum absolute atomic E-state index is 0.0434. The van der Waals surface area contributed by atoms with Crippen LogP contribution in [0.3, 0.4) is 0 Å². The molecule has 0 saturated carbocycles. The smallest absolute Gasteiger partial charge is 0.351 e. The topological polar surface area (TPSA) is 32.3 Å². The van der Waals surface area contributed by atoms with E-state index in [0.717, 1.165) is 17.0 Å². The number of carbonyl (C=O) groups is 1. The second-order valence-corrected chi connectivity index (χ2v) is 3.68. The molecule has 2 rings (SSSR count). The highest BCUT2D eigenvalue weighted by molar-refractivity contribution is 6.01. The van der Waals surface area contributed by atoms with Crippen LogP contribution in [-0.2, 0) is 4.79 Å². The summed E-state index contributed by atoms with van der Waals surface area (Å²) in [5, 5.41) is 2.39. The molecule has 0 atom stereocenters. The van der Waals surface area contributed by atoms with Gasteiger partial charge in [0.25, 0.3) is 0 Å². The van der Waals surface area contributed by atoms with Crippen molar-refractivity contribution in [3.8, 4) is 0 Å². The Bertz CT molecular complexity index is 458. The first kappa shape index (κ1) is 11.7. The lowest BCUT2D eigenvalue weighted by Gasteiger charge is -2.31. The molecule has 0 saturated heterocycles. The molecule has 0 bridgehead atoms. The Hall–Kier alpha value is -1.79. The van der Waals surface area contributed by atoms with E-state index in [9.17, 15) is 22.4 Å². The number of nitrogens with zero attached hydrogens (tertiary/aromatic N) is 1. The molecule has 1 heterocycles. The van der Waals surface area contributed by atoms with Crippen molar-refractivity contribution in [3.63, 3.8) is 0 Å². The molecule has 0 unspecified atom stereocenters. The molecule has 7 heteroatoms. The molecule has 17 heavy (non-hydrogen) atoms. The Labute approximate surface area is 94.0 Å². The molecule has 1 amide bonds. The van der Waals surface area contributed by atoms with Crippen LogP contribution in [-0.4, -0.2) is 25.2 Å².